The van der Waals surface area contributed by atoms with E-state index in [4.69, 9.17) is 32.4 Å². The number of hydrogen-bond acceptors (Lipinski definition) is 8. The third-order valence-corrected chi connectivity index (χ3v) is 5.56. The summed E-state index contributed by atoms with van der Waals surface area (Å²) in [6.45, 7) is -0.134. The van der Waals surface area contributed by atoms with Crippen molar-refractivity contribution in [3.8, 4) is 11.3 Å². The van der Waals surface area contributed by atoms with Gasteiger partial charge in [-0.1, -0.05) is 35.0 Å². The van der Waals surface area contributed by atoms with Crippen LogP contribution in [0.25, 0.3) is 11.3 Å². The van der Waals surface area contributed by atoms with Crippen molar-refractivity contribution in [3.63, 3.8) is 0 Å². The van der Waals surface area contributed by atoms with Crippen molar-refractivity contribution >= 4 is 56.6 Å². The van der Waals surface area contributed by atoms with Gasteiger partial charge in [0.2, 0.25) is 0 Å². The number of rotatable bonds is 7. The Morgan fingerprint density at radius 2 is 1.70 bits per heavy atom. The average molecular weight is 485 g/mol. The first-order valence-electron chi connectivity index (χ1n) is 8.56. The van der Waals surface area contributed by atoms with E-state index in [0.717, 1.165) is 11.9 Å². The Labute approximate surface area is 189 Å². The zero-order valence-corrected chi connectivity index (χ0v) is 19.5. The number of aromatic nitrogens is 3. The second-order valence-corrected chi connectivity index (χ2v) is 9.62. The average Bonchev–Trinajstić information content (AvgIpc) is 2.70. The molecule has 0 bridgehead atoms. The molecule has 2 aromatic heterocycles. The largest absolute Gasteiger partial charge is 0.327 e. The summed E-state index contributed by atoms with van der Waals surface area (Å²) in [4.78, 5) is 15.1. The molecule has 0 spiro atoms. The lowest BCUT2D eigenvalue weighted by Crippen LogP contribution is -2.13. The molecule has 0 aliphatic carbocycles. The highest BCUT2D eigenvalue weighted by Gasteiger charge is 2.14. The highest BCUT2D eigenvalue weighted by molar-refractivity contribution is 7.98. The van der Waals surface area contributed by atoms with Gasteiger partial charge in [-0.25, -0.2) is 15.0 Å². The van der Waals surface area contributed by atoms with Gasteiger partial charge in [0.05, 0.1) is 36.6 Å². The summed E-state index contributed by atoms with van der Waals surface area (Å²) < 4.78 is 27.9. The Balaban J connectivity index is 2.05. The van der Waals surface area contributed by atoms with Gasteiger partial charge < -0.3 is 4.90 Å². The molecule has 7 nitrogen and oxygen atoms in total. The molecule has 3 aromatic rings. The maximum atomic E-state index is 11.4. The Morgan fingerprint density at radius 3 is 2.27 bits per heavy atom. The van der Waals surface area contributed by atoms with Crippen LogP contribution in [0.5, 0.6) is 0 Å². The second-order valence-electron chi connectivity index (χ2n) is 6.33. The third kappa shape index (κ3) is 6.05. The van der Waals surface area contributed by atoms with E-state index in [2.05, 4.69) is 9.97 Å². The van der Waals surface area contributed by atoms with Gasteiger partial charge in [-0.2, -0.15) is 8.42 Å². The van der Waals surface area contributed by atoms with E-state index in [9.17, 15) is 8.42 Å². The van der Waals surface area contributed by atoms with Gasteiger partial charge in [-0.3, -0.25) is 4.18 Å². The van der Waals surface area contributed by atoms with Crippen molar-refractivity contribution in [3.05, 3.63) is 58.3 Å². The van der Waals surface area contributed by atoms with Crippen LogP contribution in [0.2, 0.25) is 10.0 Å². The van der Waals surface area contributed by atoms with Crippen molar-refractivity contribution in [2.24, 2.45) is 0 Å². The molecule has 0 fully saturated rings. The SMILES string of the molecule is CSc1ncc(N(C)c2cc(COS(C)(=O)=O)cc(-c3cc(Cl)cc(Cl)c3)n2)cn1. The molecule has 0 amide bonds. The van der Waals surface area contributed by atoms with E-state index in [1.54, 1.807) is 47.6 Å². The van der Waals surface area contributed by atoms with E-state index in [-0.39, 0.29) is 6.61 Å². The zero-order chi connectivity index (χ0) is 21.9. The molecule has 2 heterocycles. The maximum Gasteiger partial charge on any atom is 0.264 e. The summed E-state index contributed by atoms with van der Waals surface area (Å²) in [6.07, 6.45) is 6.28. The minimum atomic E-state index is -3.60. The van der Waals surface area contributed by atoms with Crippen molar-refractivity contribution in [1.82, 2.24) is 15.0 Å². The van der Waals surface area contributed by atoms with Gasteiger partial charge >= 0.3 is 0 Å². The van der Waals surface area contributed by atoms with Crippen LogP contribution in [0, 0.1) is 0 Å². The Morgan fingerprint density at radius 1 is 1.07 bits per heavy atom. The van der Waals surface area contributed by atoms with Crippen LogP contribution in [0.15, 0.2) is 47.9 Å². The number of pyridine rings is 1. The number of halogens is 2. The summed E-state index contributed by atoms with van der Waals surface area (Å²) >= 11 is 13.7. The minimum absolute atomic E-state index is 0.134. The van der Waals surface area contributed by atoms with E-state index in [1.165, 1.54) is 11.8 Å². The third-order valence-electron chi connectivity index (χ3n) is 4.00. The van der Waals surface area contributed by atoms with E-state index in [0.29, 0.717) is 37.8 Å². The predicted octanol–water partition coefficient (Wildman–Crippen LogP) is 4.81. The standard InChI is InChI=1S/C19H18Cl2N4O3S2/c1-25(16-9-22-19(29-2)23-10-16)18-5-12(11-28-30(3,26)27)4-17(24-18)13-6-14(20)8-15(21)7-13/h4-10H,11H2,1-3H3. The lowest BCUT2D eigenvalue weighted by atomic mass is 10.1. The van der Waals surface area contributed by atoms with Crippen LogP contribution in [-0.4, -0.2) is 42.9 Å². The molecule has 11 heteroatoms. The first-order chi connectivity index (χ1) is 14.1. The monoisotopic (exact) mass is 484 g/mol. The number of hydrogen-bond donors (Lipinski definition) is 0. The molecule has 0 saturated heterocycles. The van der Waals surface area contributed by atoms with Gasteiger partial charge in [0.25, 0.3) is 10.1 Å². The quantitative estimate of drug-likeness (QED) is 0.268. The summed E-state index contributed by atoms with van der Waals surface area (Å²) in [5.41, 5.74) is 2.59. The first-order valence-corrected chi connectivity index (χ1v) is 12.4. The highest BCUT2D eigenvalue weighted by Crippen LogP contribution is 2.30. The van der Waals surface area contributed by atoms with E-state index >= 15 is 0 Å². The van der Waals surface area contributed by atoms with Crippen LogP contribution in [-0.2, 0) is 20.9 Å². The lowest BCUT2D eigenvalue weighted by molar-refractivity contribution is 0.311. The fraction of sp³-hybridized carbons (Fsp3) is 0.211. The fourth-order valence-corrected chi connectivity index (χ4v) is 3.76. The normalized spacial score (nSPS) is 11.5. The van der Waals surface area contributed by atoms with E-state index in [1.807, 2.05) is 13.3 Å². The molecule has 0 radical (unpaired) electrons. The molecule has 0 aliphatic heterocycles. The topological polar surface area (TPSA) is 85.3 Å². The molecule has 158 valence electrons. The lowest BCUT2D eigenvalue weighted by Gasteiger charge is -2.20. The van der Waals surface area contributed by atoms with Crippen molar-refractivity contribution < 1.29 is 12.6 Å². The summed E-state index contributed by atoms with van der Waals surface area (Å²) in [5.74, 6) is 0.552. The van der Waals surface area contributed by atoms with Crippen LogP contribution >= 0.6 is 35.0 Å². The summed E-state index contributed by atoms with van der Waals surface area (Å²) in [5, 5.41) is 1.59. The van der Waals surface area contributed by atoms with Crippen LogP contribution in [0.1, 0.15) is 5.56 Å². The van der Waals surface area contributed by atoms with Gasteiger partial charge in [0, 0.05) is 22.7 Å². The van der Waals surface area contributed by atoms with E-state index < -0.39 is 10.1 Å². The van der Waals surface area contributed by atoms with Crippen LogP contribution < -0.4 is 4.90 Å². The van der Waals surface area contributed by atoms with Crippen molar-refractivity contribution in [2.75, 3.05) is 24.5 Å². The molecular weight excluding hydrogens is 467 g/mol. The number of benzene rings is 1. The summed E-state index contributed by atoms with van der Waals surface area (Å²) in [7, 11) is -1.79. The Hall–Kier alpha value is -1.91. The van der Waals surface area contributed by atoms with Crippen LogP contribution in [0.3, 0.4) is 0 Å². The molecular formula is C19H18Cl2N4O3S2. The first kappa shape index (κ1) is 22.8. The molecule has 0 unspecified atom stereocenters. The number of nitrogens with zero attached hydrogens (tertiary/aromatic N) is 4. The maximum absolute atomic E-state index is 11.4. The van der Waals surface area contributed by atoms with Crippen molar-refractivity contribution in [1.29, 1.82) is 0 Å². The molecule has 0 atom stereocenters. The smallest absolute Gasteiger partial charge is 0.264 e. The number of anilines is 2. The predicted molar refractivity (Wildman–Crippen MR) is 121 cm³/mol. The summed E-state index contributed by atoms with van der Waals surface area (Å²) in [6, 6.07) is 8.57. The zero-order valence-electron chi connectivity index (χ0n) is 16.3. The van der Waals surface area contributed by atoms with Crippen molar-refractivity contribution in [2.45, 2.75) is 11.8 Å². The van der Waals surface area contributed by atoms with Gasteiger partial charge in [-0.15, -0.1) is 0 Å². The Bertz CT molecular complexity index is 1140. The Kier molecular flexibility index (Phi) is 7.20. The van der Waals surface area contributed by atoms with Gasteiger partial charge in [0.1, 0.15) is 5.82 Å². The van der Waals surface area contributed by atoms with Gasteiger partial charge in [0.15, 0.2) is 5.16 Å². The molecule has 30 heavy (non-hydrogen) atoms. The molecule has 0 aliphatic rings. The molecule has 0 N–H and O–H groups in total. The molecule has 0 saturated carbocycles. The second kappa shape index (κ2) is 9.49. The highest BCUT2D eigenvalue weighted by atomic mass is 35.5. The minimum Gasteiger partial charge on any atom is -0.327 e. The molecule has 3 rings (SSSR count). The van der Waals surface area contributed by atoms with Gasteiger partial charge in [-0.05, 0) is 42.2 Å². The number of thioether (sulfide) groups is 1. The van der Waals surface area contributed by atoms with Crippen LogP contribution in [0.4, 0.5) is 11.5 Å². The molecule has 1 aromatic carbocycles. The fourth-order valence-electron chi connectivity index (χ4n) is 2.57.